The molecule has 1 aromatic carbocycles. The van der Waals surface area contributed by atoms with Crippen LogP contribution >= 0.6 is 0 Å². The van der Waals surface area contributed by atoms with Gasteiger partial charge in [-0.25, -0.2) is 0 Å². The van der Waals surface area contributed by atoms with Crippen LogP contribution in [0, 0.1) is 19.3 Å². The second-order valence-corrected chi connectivity index (χ2v) is 5.83. The minimum absolute atomic E-state index is 0.317. The van der Waals surface area contributed by atoms with Crippen molar-refractivity contribution in [3.63, 3.8) is 0 Å². The molecule has 1 aromatic rings. The zero-order valence-corrected chi connectivity index (χ0v) is 11.5. The summed E-state index contributed by atoms with van der Waals surface area (Å²) < 4.78 is 0. The summed E-state index contributed by atoms with van der Waals surface area (Å²) in [6.07, 6.45) is 0. The Kier molecular flexibility index (Phi) is 4.15. The topological polar surface area (TPSA) is 12.0 Å². The zero-order chi connectivity index (χ0) is 12.3. The molecule has 0 fully saturated rings. The van der Waals surface area contributed by atoms with Crippen molar-refractivity contribution >= 4 is 0 Å². The van der Waals surface area contributed by atoms with E-state index in [0.717, 1.165) is 6.54 Å². The highest BCUT2D eigenvalue weighted by Gasteiger charge is 2.19. The summed E-state index contributed by atoms with van der Waals surface area (Å²) in [6.45, 7) is 14.4. The van der Waals surface area contributed by atoms with Crippen molar-refractivity contribution in [2.75, 3.05) is 0 Å². The summed E-state index contributed by atoms with van der Waals surface area (Å²) in [5, 5.41) is 3.61. The molecule has 0 heterocycles. The van der Waals surface area contributed by atoms with E-state index in [1.807, 2.05) is 0 Å². The molecule has 16 heavy (non-hydrogen) atoms. The molecule has 0 spiro atoms. The number of benzene rings is 1. The lowest BCUT2D eigenvalue weighted by Crippen LogP contribution is -2.37. The standard InChI is InChI=1S/C15H25N/c1-11-8-7-9-14(12(11)2)10-16-13(3)15(4,5)6/h7-9,13,16H,10H2,1-6H3. The molecule has 0 aromatic heterocycles. The molecule has 90 valence electrons. The van der Waals surface area contributed by atoms with E-state index < -0.39 is 0 Å². The predicted octanol–water partition coefficient (Wildman–Crippen LogP) is 3.83. The molecule has 1 unspecified atom stereocenters. The van der Waals surface area contributed by atoms with Crippen LogP contribution in [0.15, 0.2) is 18.2 Å². The van der Waals surface area contributed by atoms with Gasteiger partial charge in [0, 0.05) is 12.6 Å². The van der Waals surface area contributed by atoms with Crippen molar-refractivity contribution in [1.82, 2.24) is 5.32 Å². The van der Waals surface area contributed by atoms with Gasteiger partial charge >= 0.3 is 0 Å². The normalized spacial score (nSPS) is 13.9. The van der Waals surface area contributed by atoms with E-state index in [4.69, 9.17) is 0 Å². The van der Waals surface area contributed by atoms with E-state index in [1.54, 1.807) is 0 Å². The molecule has 1 rings (SSSR count). The fourth-order valence-corrected chi connectivity index (χ4v) is 1.57. The van der Waals surface area contributed by atoms with E-state index in [9.17, 15) is 0 Å². The highest BCUT2D eigenvalue weighted by atomic mass is 14.9. The predicted molar refractivity (Wildman–Crippen MR) is 71.7 cm³/mol. The van der Waals surface area contributed by atoms with Gasteiger partial charge in [0.25, 0.3) is 0 Å². The van der Waals surface area contributed by atoms with E-state index in [1.165, 1.54) is 16.7 Å². The Morgan fingerprint density at radius 3 is 2.38 bits per heavy atom. The van der Waals surface area contributed by atoms with Crippen LogP contribution in [0.1, 0.15) is 44.4 Å². The third-order valence-electron chi connectivity index (χ3n) is 3.61. The first-order valence-corrected chi connectivity index (χ1v) is 6.11. The molecule has 1 heteroatoms. The largest absolute Gasteiger partial charge is 0.310 e. The molecule has 1 nitrogen and oxygen atoms in total. The molecule has 0 aliphatic carbocycles. The summed E-state index contributed by atoms with van der Waals surface area (Å²) in [5.41, 5.74) is 4.52. The Morgan fingerprint density at radius 1 is 1.19 bits per heavy atom. The first-order valence-electron chi connectivity index (χ1n) is 6.11. The van der Waals surface area contributed by atoms with Gasteiger partial charge in [0.2, 0.25) is 0 Å². The van der Waals surface area contributed by atoms with Crippen molar-refractivity contribution < 1.29 is 0 Å². The van der Waals surface area contributed by atoms with E-state index >= 15 is 0 Å². The quantitative estimate of drug-likeness (QED) is 0.814. The highest BCUT2D eigenvalue weighted by Crippen LogP contribution is 2.19. The Morgan fingerprint density at radius 2 is 1.81 bits per heavy atom. The third kappa shape index (κ3) is 3.34. The SMILES string of the molecule is Cc1cccc(CNC(C)C(C)(C)C)c1C. The molecule has 0 amide bonds. The maximum atomic E-state index is 3.61. The monoisotopic (exact) mass is 219 g/mol. The minimum Gasteiger partial charge on any atom is -0.310 e. The van der Waals surface area contributed by atoms with Crippen LogP contribution in [-0.4, -0.2) is 6.04 Å². The maximum Gasteiger partial charge on any atom is 0.0210 e. The summed E-state index contributed by atoms with van der Waals surface area (Å²) in [6, 6.07) is 7.05. The molecule has 0 radical (unpaired) electrons. The summed E-state index contributed by atoms with van der Waals surface area (Å²) >= 11 is 0. The molecule has 0 bridgehead atoms. The fraction of sp³-hybridized carbons (Fsp3) is 0.600. The molecular formula is C15H25N. The first kappa shape index (κ1) is 13.2. The highest BCUT2D eigenvalue weighted by molar-refractivity contribution is 5.32. The van der Waals surface area contributed by atoms with Crippen molar-refractivity contribution in [2.45, 2.75) is 54.1 Å². The molecule has 0 saturated carbocycles. The summed E-state index contributed by atoms with van der Waals surface area (Å²) in [7, 11) is 0. The molecule has 0 aliphatic heterocycles. The first-order chi connectivity index (χ1) is 7.32. The lowest BCUT2D eigenvalue weighted by Gasteiger charge is -2.28. The Bertz CT molecular complexity index is 347. The average molecular weight is 219 g/mol. The Hall–Kier alpha value is -0.820. The third-order valence-corrected chi connectivity index (χ3v) is 3.61. The van der Waals surface area contributed by atoms with Crippen LogP contribution in [-0.2, 0) is 6.54 Å². The maximum absolute atomic E-state index is 3.61. The van der Waals surface area contributed by atoms with E-state index in [2.05, 4.69) is 65.1 Å². The van der Waals surface area contributed by atoms with Gasteiger partial charge in [-0.3, -0.25) is 0 Å². The van der Waals surface area contributed by atoms with Crippen molar-refractivity contribution in [2.24, 2.45) is 5.41 Å². The van der Waals surface area contributed by atoms with Crippen LogP contribution in [0.4, 0.5) is 0 Å². The van der Waals surface area contributed by atoms with Crippen LogP contribution in [0.25, 0.3) is 0 Å². The molecule has 1 N–H and O–H groups in total. The van der Waals surface area contributed by atoms with Gasteiger partial charge in [0.05, 0.1) is 0 Å². The minimum atomic E-state index is 0.317. The lowest BCUT2D eigenvalue weighted by molar-refractivity contribution is 0.285. The Balaban J connectivity index is 2.65. The second-order valence-electron chi connectivity index (χ2n) is 5.83. The van der Waals surface area contributed by atoms with Gasteiger partial charge in [-0.15, -0.1) is 0 Å². The molecular weight excluding hydrogens is 194 g/mol. The van der Waals surface area contributed by atoms with Crippen LogP contribution in [0.5, 0.6) is 0 Å². The van der Waals surface area contributed by atoms with E-state index in [0.29, 0.717) is 11.5 Å². The summed E-state index contributed by atoms with van der Waals surface area (Å²) in [5.74, 6) is 0. The fourth-order valence-electron chi connectivity index (χ4n) is 1.57. The van der Waals surface area contributed by atoms with Crippen LogP contribution < -0.4 is 5.32 Å². The number of hydrogen-bond acceptors (Lipinski definition) is 1. The van der Waals surface area contributed by atoms with E-state index in [-0.39, 0.29) is 0 Å². The van der Waals surface area contributed by atoms with Gasteiger partial charge in [-0.1, -0.05) is 39.0 Å². The van der Waals surface area contributed by atoms with Gasteiger partial charge in [0.1, 0.15) is 0 Å². The van der Waals surface area contributed by atoms with Gasteiger partial charge in [-0.2, -0.15) is 0 Å². The van der Waals surface area contributed by atoms with Gasteiger partial charge in [0.15, 0.2) is 0 Å². The average Bonchev–Trinajstić information content (AvgIpc) is 2.18. The van der Waals surface area contributed by atoms with Crippen molar-refractivity contribution in [1.29, 1.82) is 0 Å². The molecule has 0 saturated heterocycles. The van der Waals surface area contributed by atoms with Crippen molar-refractivity contribution in [3.8, 4) is 0 Å². The van der Waals surface area contributed by atoms with Crippen molar-refractivity contribution in [3.05, 3.63) is 34.9 Å². The van der Waals surface area contributed by atoms with Crippen LogP contribution in [0.2, 0.25) is 0 Å². The second kappa shape index (κ2) is 5.01. The number of nitrogens with one attached hydrogen (secondary N) is 1. The zero-order valence-electron chi connectivity index (χ0n) is 11.5. The molecule has 1 atom stereocenters. The number of aryl methyl sites for hydroxylation is 1. The molecule has 0 aliphatic rings. The van der Waals surface area contributed by atoms with Gasteiger partial charge in [-0.05, 0) is 42.9 Å². The number of rotatable bonds is 3. The Labute approximate surface area is 100 Å². The van der Waals surface area contributed by atoms with Crippen LogP contribution in [0.3, 0.4) is 0 Å². The number of hydrogen-bond donors (Lipinski definition) is 1. The smallest absolute Gasteiger partial charge is 0.0210 e. The van der Waals surface area contributed by atoms with Gasteiger partial charge < -0.3 is 5.32 Å². The summed E-state index contributed by atoms with van der Waals surface area (Å²) in [4.78, 5) is 0. The lowest BCUT2D eigenvalue weighted by atomic mass is 9.88.